The molecule has 0 radical (unpaired) electrons. The van der Waals surface area contributed by atoms with Crippen LogP contribution in [-0.2, 0) is 0 Å². The molecule has 0 saturated heterocycles. The van der Waals surface area contributed by atoms with Gasteiger partial charge in [-0.25, -0.2) is 0 Å². The van der Waals surface area contributed by atoms with Crippen molar-refractivity contribution < 1.29 is 5.11 Å². The van der Waals surface area contributed by atoms with Gasteiger partial charge in [0, 0.05) is 0 Å². The maximum Gasteiger partial charge on any atom is 0.0726 e. The van der Waals surface area contributed by atoms with Crippen LogP contribution < -0.4 is 0 Å². The molecule has 1 aliphatic carbocycles. The predicted molar refractivity (Wildman–Crippen MR) is 68.4 cm³/mol. The van der Waals surface area contributed by atoms with Crippen molar-refractivity contribution in [3.63, 3.8) is 0 Å². The van der Waals surface area contributed by atoms with E-state index < -0.39 is 0 Å². The molecule has 1 unspecified atom stereocenters. The minimum absolute atomic E-state index is 0.252. The van der Waals surface area contributed by atoms with Crippen LogP contribution in [-0.4, -0.2) is 11.2 Å². The van der Waals surface area contributed by atoms with Gasteiger partial charge >= 0.3 is 0 Å². The largest absolute Gasteiger partial charge is 0.389 e. The van der Waals surface area contributed by atoms with E-state index in [1.54, 1.807) is 0 Å². The Balaban J connectivity index is 2.38. The minimum Gasteiger partial charge on any atom is -0.389 e. The number of hydrogen-bond acceptors (Lipinski definition) is 1. The summed E-state index contributed by atoms with van der Waals surface area (Å²) in [6, 6.07) is 6.55. The zero-order valence-electron chi connectivity index (χ0n) is 10.2. The molecule has 0 aromatic heterocycles. The molecule has 1 N–H and O–H groups in total. The molecule has 1 heteroatoms. The molecule has 0 fully saturated rings. The van der Waals surface area contributed by atoms with Crippen molar-refractivity contribution in [2.24, 2.45) is 0 Å². The molecule has 1 aromatic rings. The Labute approximate surface area is 97.8 Å². The third kappa shape index (κ3) is 2.53. The molecule has 0 saturated carbocycles. The molecule has 1 aliphatic rings. The number of hydrogen-bond donors (Lipinski definition) is 1. The molecule has 0 heterocycles. The Bertz CT molecular complexity index is 404. The predicted octanol–water partition coefficient (Wildman–Crippen LogP) is 3.62. The van der Waals surface area contributed by atoms with Gasteiger partial charge in [0.2, 0.25) is 0 Å². The molecule has 86 valence electrons. The molecule has 1 atom stereocenters. The van der Waals surface area contributed by atoms with E-state index in [4.69, 9.17) is 0 Å². The van der Waals surface area contributed by atoms with Crippen molar-refractivity contribution in [1.82, 2.24) is 0 Å². The summed E-state index contributed by atoms with van der Waals surface area (Å²) < 4.78 is 0. The summed E-state index contributed by atoms with van der Waals surface area (Å²) in [7, 11) is 0. The number of rotatable bonds is 1. The van der Waals surface area contributed by atoms with Crippen LogP contribution >= 0.6 is 0 Å². The summed E-state index contributed by atoms with van der Waals surface area (Å²) in [5.74, 6) is 0. The van der Waals surface area contributed by atoms with Crippen molar-refractivity contribution in [3.8, 4) is 0 Å². The van der Waals surface area contributed by atoms with Crippen LogP contribution in [0.5, 0.6) is 0 Å². The summed E-state index contributed by atoms with van der Waals surface area (Å²) in [6.45, 7) is 4.27. The molecule has 0 amide bonds. The molecular formula is C15H20O. The molecule has 0 spiro atoms. The van der Waals surface area contributed by atoms with Crippen molar-refractivity contribution in [1.29, 1.82) is 0 Å². The summed E-state index contributed by atoms with van der Waals surface area (Å²) in [5, 5.41) is 9.80. The summed E-state index contributed by atoms with van der Waals surface area (Å²) in [6.07, 6.45) is 6.13. The van der Waals surface area contributed by atoms with E-state index in [2.05, 4.69) is 38.1 Å². The third-order valence-corrected chi connectivity index (χ3v) is 3.33. The number of aliphatic hydroxyl groups excluding tert-OH is 1. The highest BCUT2D eigenvalue weighted by molar-refractivity contribution is 5.69. The van der Waals surface area contributed by atoms with Crippen LogP contribution in [0.3, 0.4) is 0 Å². The second-order valence-electron chi connectivity index (χ2n) is 4.82. The van der Waals surface area contributed by atoms with Crippen LogP contribution in [0, 0.1) is 13.8 Å². The first-order valence-electron chi connectivity index (χ1n) is 6.13. The molecule has 0 bridgehead atoms. The Kier molecular flexibility index (Phi) is 3.45. The van der Waals surface area contributed by atoms with E-state index in [0.717, 1.165) is 19.3 Å². The van der Waals surface area contributed by atoms with Gasteiger partial charge in [-0.05, 0) is 49.8 Å². The van der Waals surface area contributed by atoms with Gasteiger partial charge in [-0.2, -0.15) is 0 Å². The Morgan fingerprint density at radius 1 is 1.19 bits per heavy atom. The lowest BCUT2D eigenvalue weighted by Crippen LogP contribution is -2.00. The Morgan fingerprint density at radius 2 is 2.00 bits per heavy atom. The van der Waals surface area contributed by atoms with Crippen LogP contribution in [0.4, 0.5) is 0 Å². The highest BCUT2D eigenvalue weighted by Gasteiger charge is 2.12. The van der Waals surface area contributed by atoms with Crippen LogP contribution in [0.1, 0.15) is 42.4 Å². The maximum atomic E-state index is 9.80. The van der Waals surface area contributed by atoms with Crippen LogP contribution in [0.15, 0.2) is 24.3 Å². The van der Waals surface area contributed by atoms with Crippen molar-refractivity contribution in [3.05, 3.63) is 41.0 Å². The first-order chi connectivity index (χ1) is 7.66. The highest BCUT2D eigenvalue weighted by atomic mass is 16.3. The number of benzene rings is 1. The first kappa shape index (κ1) is 11.4. The fraction of sp³-hybridized carbons (Fsp3) is 0.467. The number of allylic oxidation sites excluding steroid dienone is 1. The molecule has 1 aromatic carbocycles. The lowest BCUT2D eigenvalue weighted by Gasteiger charge is -2.11. The van der Waals surface area contributed by atoms with E-state index in [0.29, 0.717) is 0 Å². The number of aliphatic hydroxyl groups is 1. The minimum atomic E-state index is -0.252. The standard InChI is InChI=1S/C15H20O/c1-11-7-8-12(2)15(9-11)13-5-3-4-6-14(16)10-13/h7-10,14,16H,3-6H2,1-2H3. The highest BCUT2D eigenvalue weighted by Crippen LogP contribution is 2.28. The van der Waals surface area contributed by atoms with Gasteiger partial charge in [-0.1, -0.05) is 36.3 Å². The fourth-order valence-electron chi connectivity index (χ4n) is 2.37. The van der Waals surface area contributed by atoms with Gasteiger partial charge in [0.25, 0.3) is 0 Å². The smallest absolute Gasteiger partial charge is 0.0726 e. The second-order valence-corrected chi connectivity index (χ2v) is 4.82. The van der Waals surface area contributed by atoms with Crippen LogP contribution in [0.2, 0.25) is 0 Å². The zero-order chi connectivity index (χ0) is 11.5. The van der Waals surface area contributed by atoms with Crippen molar-refractivity contribution in [2.75, 3.05) is 0 Å². The second kappa shape index (κ2) is 4.84. The molecule has 0 aliphatic heterocycles. The van der Waals surface area contributed by atoms with Crippen LogP contribution in [0.25, 0.3) is 5.57 Å². The fourth-order valence-corrected chi connectivity index (χ4v) is 2.37. The summed E-state index contributed by atoms with van der Waals surface area (Å²) in [4.78, 5) is 0. The van der Waals surface area contributed by atoms with Crippen molar-refractivity contribution >= 4 is 5.57 Å². The lowest BCUT2D eigenvalue weighted by molar-refractivity contribution is 0.211. The van der Waals surface area contributed by atoms with Gasteiger partial charge in [-0.15, -0.1) is 0 Å². The molecular weight excluding hydrogens is 196 g/mol. The average molecular weight is 216 g/mol. The first-order valence-corrected chi connectivity index (χ1v) is 6.13. The summed E-state index contributed by atoms with van der Waals surface area (Å²) in [5.41, 5.74) is 5.25. The van der Waals surface area contributed by atoms with E-state index in [-0.39, 0.29) is 6.10 Å². The van der Waals surface area contributed by atoms with Gasteiger partial charge in [0.15, 0.2) is 0 Å². The van der Waals surface area contributed by atoms with E-state index in [1.165, 1.54) is 28.7 Å². The molecule has 16 heavy (non-hydrogen) atoms. The Morgan fingerprint density at radius 3 is 2.81 bits per heavy atom. The quantitative estimate of drug-likeness (QED) is 0.760. The monoisotopic (exact) mass is 216 g/mol. The van der Waals surface area contributed by atoms with E-state index in [1.807, 2.05) is 0 Å². The average Bonchev–Trinajstić information content (AvgIpc) is 2.46. The maximum absolute atomic E-state index is 9.80. The molecule has 1 nitrogen and oxygen atoms in total. The van der Waals surface area contributed by atoms with Gasteiger partial charge < -0.3 is 5.11 Å². The van der Waals surface area contributed by atoms with Gasteiger partial charge in [0.1, 0.15) is 0 Å². The number of aryl methyl sites for hydroxylation is 2. The third-order valence-electron chi connectivity index (χ3n) is 3.33. The normalized spacial score (nSPS) is 21.4. The zero-order valence-corrected chi connectivity index (χ0v) is 10.2. The SMILES string of the molecule is Cc1ccc(C)c(C2=CC(O)CCCC2)c1. The lowest BCUT2D eigenvalue weighted by atomic mass is 9.95. The van der Waals surface area contributed by atoms with E-state index >= 15 is 0 Å². The Hall–Kier alpha value is -1.08. The van der Waals surface area contributed by atoms with Crippen molar-refractivity contribution in [2.45, 2.75) is 45.6 Å². The molecule has 2 rings (SSSR count). The van der Waals surface area contributed by atoms with Gasteiger partial charge in [-0.3, -0.25) is 0 Å². The summed E-state index contributed by atoms with van der Waals surface area (Å²) >= 11 is 0. The van der Waals surface area contributed by atoms with E-state index in [9.17, 15) is 5.11 Å². The topological polar surface area (TPSA) is 20.2 Å². The van der Waals surface area contributed by atoms with Gasteiger partial charge in [0.05, 0.1) is 6.10 Å².